The molecule has 124 valence electrons. The Bertz CT molecular complexity index is 628. The first-order valence-corrected chi connectivity index (χ1v) is 8.12. The van der Waals surface area contributed by atoms with Gasteiger partial charge in [0, 0.05) is 12.2 Å². The Labute approximate surface area is 141 Å². The van der Waals surface area contributed by atoms with E-state index in [4.69, 9.17) is 22.1 Å². The summed E-state index contributed by atoms with van der Waals surface area (Å²) in [4.78, 5) is 26.0. The standard InChI is InChI=1S/C17H21ClN2O3/c1-2-20(13-6-4-3-5-7-13)16(21)11-23-17(22)12-8-9-14(18)15(19)10-12/h6,8-10H,2-5,7,11,19H2,1H3. The number of halogens is 1. The van der Waals surface area contributed by atoms with E-state index in [1.807, 2.05) is 6.92 Å². The van der Waals surface area contributed by atoms with Crippen LogP contribution in [0.25, 0.3) is 0 Å². The summed E-state index contributed by atoms with van der Waals surface area (Å²) in [6, 6.07) is 4.49. The monoisotopic (exact) mass is 336 g/mol. The van der Waals surface area contributed by atoms with E-state index in [0.29, 0.717) is 17.3 Å². The van der Waals surface area contributed by atoms with Gasteiger partial charge in [0.05, 0.1) is 16.3 Å². The predicted molar refractivity (Wildman–Crippen MR) is 90.1 cm³/mol. The van der Waals surface area contributed by atoms with Gasteiger partial charge in [-0.15, -0.1) is 0 Å². The largest absolute Gasteiger partial charge is 0.452 e. The highest BCUT2D eigenvalue weighted by molar-refractivity contribution is 6.33. The van der Waals surface area contributed by atoms with Crippen molar-refractivity contribution in [2.24, 2.45) is 0 Å². The third kappa shape index (κ3) is 4.48. The summed E-state index contributed by atoms with van der Waals surface area (Å²) in [7, 11) is 0. The van der Waals surface area contributed by atoms with Gasteiger partial charge in [0.15, 0.2) is 6.61 Å². The van der Waals surface area contributed by atoms with Gasteiger partial charge in [-0.25, -0.2) is 4.79 Å². The summed E-state index contributed by atoms with van der Waals surface area (Å²) in [6.45, 7) is 2.19. The first-order valence-electron chi connectivity index (χ1n) is 7.74. The van der Waals surface area contributed by atoms with Crippen molar-refractivity contribution in [3.63, 3.8) is 0 Å². The number of hydrogen-bond donors (Lipinski definition) is 1. The maximum Gasteiger partial charge on any atom is 0.338 e. The number of esters is 1. The molecule has 1 aliphatic carbocycles. The molecule has 1 aromatic carbocycles. The highest BCUT2D eigenvalue weighted by Gasteiger charge is 2.19. The number of nitrogens with two attached hydrogens (primary N) is 1. The molecule has 0 unspecified atom stereocenters. The summed E-state index contributed by atoms with van der Waals surface area (Å²) in [6.07, 6.45) is 6.21. The van der Waals surface area contributed by atoms with Gasteiger partial charge in [0.2, 0.25) is 0 Å². The van der Waals surface area contributed by atoms with Gasteiger partial charge < -0.3 is 15.4 Å². The molecule has 1 aromatic rings. The summed E-state index contributed by atoms with van der Waals surface area (Å²) in [5.41, 5.74) is 7.26. The number of benzene rings is 1. The molecule has 23 heavy (non-hydrogen) atoms. The van der Waals surface area contributed by atoms with Crippen LogP contribution < -0.4 is 5.73 Å². The van der Waals surface area contributed by atoms with Crippen LogP contribution >= 0.6 is 11.6 Å². The fraction of sp³-hybridized carbons (Fsp3) is 0.412. The van der Waals surface area contributed by atoms with E-state index < -0.39 is 5.97 Å². The Hall–Kier alpha value is -2.01. The minimum absolute atomic E-state index is 0.212. The lowest BCUT2D eigenvalue weighted by Gasteiger charge is -2.26. The van der Waals surface area contributed by atoms with Crippen molar-refractivity contribution in [2.45, 2.75) is 32.6 Å². The number of likely N-dealkylation sites (N-methyl/N-ethyl adjacent to an activating group) is 1. The zero-order valence-corrected chi connectivity index (χ0v) is 13.9. The number of hydrogen-bond acceptors (Lipinski definition) is 4. The molecular formula is C17H21ClN2O3. The SMILES string of the molecule is CCN(C(=O)COC(=O)c1ccc(Cl)c(N)c1)C1=CCCCC1. The molecule has 0 aliphatic heterocycles. The van der Waals surface area contributed by atoms with Crippen LogP contribution in [0.4, 0.5) is 5.69 Å². The Morgan fingerprint density at radius 1 is 1.35 bits per heavy atom. The van der Waals surface area contributed by atoms with Crippen molar-refractivity contribution in [3.05, 3.63) is 40.6 Å². The minimum Gasteiger partial charge on any atom is -0.452 e. The second kappa shape index (κ2) is 8.02. The van der Waals surface area contributed by atoms with Crippen LogP contribution in [0.5, 0.6) is 0 Å². The molecule has 0 bridgehead atoms. The Kier molecular flexibility index (Phi) is 6.04. The number of amides is 1. The molecule has 0 saturated carbocycles. The molecule has 0 spiro atoms. The Morgan fingerprint density at radius 3 is 2.74 bits per heavy atom. The average Bonchev–Trinajstić information content (AvgIpc) is 2.57. The molecule has 1 aliphatic rings. The van der Waals surface area contributed by atoms with Crippen molar-refractivity contribution >= 4 is 29.2 Å². The molecular weight excluding hydrogens is 316 g/mol. The number of carbonyl (C=O) groups excluding carboxylic acids is 2. The quantitative estimate of drug-likeness (QED) is 0.660. The fourth-order valence-electron chi connectivity index (χ4n) is 2.57. The molecule has 0 fully saturated rings. The molecule has 6 heteroatoms. The van der Waals surface area contributed by atoms with Crippen molar-refractivity contribution in [2.75, 3.05) is 18.9 Å². The maximum absolute atomic E-state index is 12.3. The van der Waals surface area contributed by atoms with Crippen LogP contribution in [0.2, 0.25) is 5.02 Å². The molecule has 5 nitrogen and oxygen atoms in total. The van der Waals surface area contributed by atoms with Gasteiger partial charge in [-0.1, -0.05) is 17.7 Å². The molecule has 1 amide bonds. The van der Waals surface area contributed by atoms with E-state index >= 15 is 0 Å². The van der Waals surface area contributed by atoms with E-state index in [2.05, 4.69) is 6.08 Å². The highest BCUT2D eigenvalue weighted by atomic mass is 35.5. The highest BCUT2D eigenvalue weighted by Crippen LogP contribution is 2.22. The normalized spacial score (nSPS) is 14.1. The van der Waals surface area contributed by atoms with Crippen LogP contribution in [0.1, 0.15) is 43.0 Å². The molecule has 2 N–H and O–H groups in total. The zero-order chi connectivity index (χ0) is 16.8. The van der Waals surface area contributed by atoms with Crippen molar-refractivity contribution < 1.29 is 14.3 Å². The topological polar surface area (TPSA) is 72.6 Å². The summed E-state index contributed by atoms with van der Waals surface area (Å²) in [5, 5.41) is 0.374. The minimum atomic E-state index is -0.588. The number of allylic oxidation sites excluding steroid dienone is 2. The number of carbonyl (C=O) groups is 2. The number of nitrogen functional groups attached to an aromatic ring is 1. The molecule has 0 heterocycles. The lowest BCUT2D eigenvalue weighted by atomic mass is 10.0. The number of nitrogens with zero attached hydrogens (tertiary/aromatic N) is 1. The molecule has 0 saturated heterocycles. The van der Waals surface area contributed by atoms with Crippen LogP contribution in [0, 0.1) is 0 Å². The fourth-order valence-corrected chi connectivity index (χ4v) is 2.68. The van der Waals surface area contributed by atoms with Gasteiger partial charge in [0.25, 0.3) is 5.91 Å². The summed E-state index contributed by atoms with van der Waals surface area (Å²) in [5.74, 6) is -0.800. The van der Waals surface area contributed by atoms with Gasteiger partial charge in [-0.2, -0.15) is 0 Å². The number of anilines is 1. The Morgan fingerprint density at radius 2 is 2.13 bits per heavy atom. The maximum atomic E-state index is 12.3. The molecule has 0 radical (unpaired) electrons. The third-order valence-corrected chi connectivity index (χ3v) is 4.13. The predicted octanol–water partition coefficient (Wildman–Crippen LogP) is 3.39. The first kappa shape index (κ1) is 17.3. The van der Waals surface area contributed by atoms with Gasteiger partial charge in [-0.3, -0.25) is 4.79 Å². The zero-order valence-electron chi connectivity index (χ0n) is 13.2. The van der Waals surface area contributed by atoms with Crippen LogP contribution in [0.3, 0.4) is 0 Å². The Balaban J connectivity index is 1.95. The number of ether oxygens (including phenoxy) is 1. The van der Waals surface area contributed by atoms with Crippen molar-refractivity contribution in [3.8, 4) is 0 Å². The van der Waals surface area contributed by atoms with Crippen LogP contribution in [0.15, 0.2) is 30.0 Å². The van der Waals surface area contributed by atoms with E-state index in [0.717, 1.165) is 31.4 Å². The lowest BCUT2D eigenvalue weighted by Crippen LogP contribution is -2.34. The molecule has 0 aromatic heterocycles. The van der Waals surface area contributed by atoms with E-state index in [9.17, 15) is 9.59 Å². The van der Waals surface area contributed by atoms with Crippen LogP contribution in [-0.2, 0) is 9.53 Å². The van der Waals surface area contributed by atoms with E-state index in [1.54, 1.807) is 4.90 Å². The van der Waals surface area contributed by atoms with Crippen LogP contribution in [-0.4, -0.2) is 29.9 Å². The van der Waals surface area contributed by atoms with E-state index in [-0.39, 0.29) is 18.1 Å². The summed E-state index contributed by atoms with van der Waals surface area (Å²) < 4.78 is 5.10. The summed E-state index contributed by atoms with van der Waals surface area (Å²) >= 11 is 5.82. The first-order chi connectivity index (χ1) is 11.0. The second-order valence-corrected chi connectivity index (χ2v) is 5.80. The number of rotatable bonds is 5. The van der Waals surface area contributed by atoms with Gasteiger partial charge in [-0.05, 0) is 50.8 Å². The smallest absolute Gasteiger partial charge is 0.338 e. The second-order valence-electron chi connectivity index (χ2n) is 5.39. The molecule has 2 rings (SSSR count). The molecule has 0 atom stereocenters. The van der Waals surface area contributed by atoms with Gasteiger partial charge in [0.1, 0.15) is 0 Å². The van der Waals surface area contributed by atoms with Crippen molar-refractivity contribution in [1.82, 2.24) is 4.90 Å². The lowest BCUT2D eigenvalue weighted by molar-refractivity contribution is -0.132. The average molecular weight is 337 g/mol. The third-order valence-electron chi connectivity index (χ3n) is 3.79. The van der Waals surface area contributed by atoms with Gasteiger partial charge >= 0.3 is 5.97 Å². The van der Waals surface area contributed by atoms with E-state index in [1.165, 1.54) is 18.2 Å². The van der Waals surface area contributed by atoms with Crippen molar-refractivity contribution in [1.29, 1.82) is 0 Å².